The fraction of sp³-hybridized carbons (Fsp3) is 0.409. The zero-order valence-electron chi connectivity index (χ0n) is 16.9. The molecular weight excluding hydrogens is 440 g/mol. The molecule has 1 amide bonds. The fourth-order valence-corrected chi connectivity index (χ4v) is 6.42. The smallest absolute Gasteiger partial charge is 0.255 e. The molecular formula is C22H23ClN2O5S. The highest BCUT2D eigenvalue weighted by Gasteiger charge is 2.44. The van der Waals surface area contributed by atoms with Crippen molar-refractivity contribution < 1.29 is 22.7 Å². The minimum absolute atomic E-state index is 0.0439. The second-order valence-corrected chi connectivity index (χ2v) is 10.5. The molecule has 1 N–H and O–H groups in total. The molecule has 2 aromatic carbocycles. The standard InChI is InChI=1S/C22H23ClN2O5S/c23-17-7-5-15(13-20(17)31(27,28)25-11-3-4-12-25)21(26)24-16-6-8-18-19(14-16)30-22(29-18)9-1-2-10-22/h5-8,13-14H,1-4,9-12H2,(H,24,26). The monoisotopic (exact) mass is 462 g/mol. The van der Waals surface area contributed by atoms with Crippen molar-refractivity contribution in [1.82, 2.24) is 4.31 Å². The summed E-state index contributed by atoms with van der Waals surface area (Å²) in [6.07, 6.45) is 5.48. The van der Waals surface area contributed by atoms with E-state index in [1.807, 2.05) is 0 Å². The Morgan fingerprint density at radius 1 is 0.968 bits per heavy atom. The fourth-order valence-electron chi connectivity index (χ4n) is 4.40. The van der Waals surface area contributed by atoms with Gasteiger partial charge in [0.1, 0.15) is 4.90 Å². The zero-order valence-corrected chi connectivity index (χ0v) is 18.5. The van der Waals surface area contributed by atoms with Crippen molar-refractivity contribution in [2.45, 2.75) is 49.2 Å². The number of rotatable bonds is 4. The van der Waals surface area contributed by atoms with E-state index < -0.39 is 21.7 Å². The lowest BCUT2D eigenvalue weighted by Crippen LogP contribution is -2.34. The predicted molar refractivity (Wildman–Crippen MR) is 116 cm³/mol. The third-order valence-electron chi connectivity index (χ3n) is 6.04. The van der Waals surface area contributed by atoms with Crippen LogP contribution in [0.25, 0.3) is 0 Å². The lowest BCUT2D eigenvalue weighted by atomic mass is 10.2. The molecule has 1 saturated heterocycles. The molecule has 0 radical (unpaired) electrons. The Balaban J connectivity index is 1.36. The van der Waals surface area contributed by atoms with Gasteiger partial charge in [-0.1, -0.05) is 11.6 Å². The molecule has 2 heterocycles. The summed E-state index contributed by atoms with van der Waals surface area (Å²) in [4.78, 5) is 12.8. The maximum atomic E-state index is 12.9. The Bertz CT molecular complexity index is 1140. The number of sulfonamides is 1. The van der Waals surface area contributed by atoms with E-state index in [9.17, 15) is 13.2 Å². The van der Waals surface area contributed by atoms with Gasteiger partial charge in [-0.05, 0) is 56.0 Å². The van der Waals surface area contributed by atoms with Gasteiger partial charge in [-0.15, -0.1) is 0 Å². The van der Waals surface area contributed by atoms with Gasteiger partial charge in [-0.3, -0.25) is 4.79 Å². The number of fused-ring (bicyclic) bond motifs is 1. The van der Waals surface area contributed by atoms with E-state index >= 15 is 0 Å². The Hall–Kier alpha value is -2.29. The van der Waals surface area contributed by atoms with E-state index in [0.29, 0.717) is 30.3 Å². The van der Waals surface area contributed by atoms with Crippen LogP contribution in [0.15, 0.2) is 41.3 Å². The summed E-state index contributed by atoms with van der Waals surface area (Å²) in [7, 11) is -3.73. The zero-order chi connectivity index (χ0) is 21.6. The van der Waals surface area contributed by atoms with E-state index in [-0.39, 0.29) is 15.5 Å². The number of carbonyl (C=O) groups is 1. The molecule has 1 saturated carbocycles. The highest BCUT2D eigenvalue weighted by atomic mass is 35.5. The first-order chi connectivity index (χ1) is 14.9. The summed E-state index contributed by atoms with van der Waals surface area (Å²) in [5.41, 5.74) is 0.758. The summed E-state index contributed by atoms with van der Waals surface area (Å²) in [5.74, 6) is 0.280. The van der Waals surface area contributed by atoms with Gasteiger partial charge in [0.15, 0.2) is 11.5 Å². The number of anilines is 1. The largest absolute Gasteiger partial charge is 0.448 e. The average Bonchev–Trinajstić information content (AvgIpc) is 3.49. The van der Waals surface area contributed by atoms with E-state index in [1.54, 1.807) is 18.2 Å². The summed E-state index contributed by atoms with van der Waals surface area (Å²) < 4.78 is 39.3. The number of ether oxygens (including phenoxy) is 2. The van der Waals surface area contributed by atoms with Crippen LogP contribution < -0.4 is 14.8 Å². The van der Waals surface area contributed by atoms with E-state index in [0.717, 1.165) is 38.5 Å². The molecule has 9 heteroatoms. The second-order valence-electron chi connectivity index (χ2n) is 8.19. The molecule has 0 unspecified atom stereocenters. The van der Waals surface area contributed by atoms with Crippen molar-refractivity contribution in [3.8, 4) is 11.5 Å². The Labute approximate surface area is 186 Å². The number of nitrogens with one attached hydrogen (secondary N) is 1. The molecule has 2 aliphatic heterocycles. The number of hydrogen-bond donors (Lipinski definition) is 1. The van der Waals surface area contributed by atoms with Gasteiger partial charge < -0.3 is 14.8 Å². The molecule has 1 spiro atoms. The van der Waals surface area contributed by atoms with Gasteiger partial charge in [0.25, 0.3) is 11.7 Å². The van der Waals surface area contributed by atoms with Crippen molar-refractivity contribution in [3.63, 3.8) is 0 Å². The lowest BCUT2D eigenvalue weighted by Gasteiger charge is -2.21. The third kappa shape index (κ3) is 3.77. The average molecular weight is 463 g/mol. The van der Waals surface area contributed by atoms with Gasteiger partial charge in [-0.25, -0.2) is 8.42 Å². The van der Waals surface area contributed by atoms with Crippen LogP contribution in [-0.2, 0) is 10.0 Å². The third-order valence-corrected chi connectivity index (χ3v) is 8.42. The van der Waals surface area contributed by atoms with Gasteiger partial charge in [0.2, 0.25) is 10.0 Å². The first-order valence-electron chi connectivity index (χ1n) is 10.5. The van der Waals surface area contributed by atoms with Crippen LogP contribution >= 0.6 is 11.6 Å². The van der Waals surface area contributed by atoms with Gasteiger partial charge in [0.05, 0.1) is 5.02 Å². The Morgan fingerprint density at radius 3 is 2.42 bits per heavy atom. The number of hydrogen-bond acceptors (Lipinski definition) is 5. The molecule has 2 aromatic rings. The number of carbonyl (C=O) groups excluding carboxylic acids is 1. The predicted octanol–water partition coefficient (Wildman–Crippen LogP) is 4.42. The normalized spacial score (nSPS) is 19.8. The summed E-state index contributed by atoms with van der Waals surface area (Å²) in [5, 5.41) is 2.91. The molecule has 5 rings (SSSR count). The van der Waals surface area contributed by atoms with Crippen LogP contribution in [0.4, 0.5) is 5.69 Å². The van der Waals surface area contributed by atoms with Crippen LogP contribution in [0, 0.1) is 0 Å². The van der Waals surface area contributed by atoms with E-state index in [2.05, 4.69) is 5.32 Å². The SMILES string of the molecule is O=C(Nc1ccc2c(c1)OC1(CCCC1)O2)c1ccc(Cl)c(S(=O)(=O)N2CCCC2)c1. The van der Waals surface area contributed by atoms with Crippen LogP contribution in [-0.4, -0.2) is 37.5 Å². The minimum atomic E-state index is -3.73. The second kappa shape index (κ2) is 7.69. The van der Waals surface area contributed by atoms with Crippen molar-refractivity contribution in [2.24, 2.45) is 0 Å². The van der Waals surface area contributed by atoms with Crippen LogP contribution in [0.1, 0.15) is 48.9 Å². The minimum Gasteiger partial charge on any atom is -0.448 e. The number of nitrogens with zero attached hydrogens (tertiary/aromatic N) is 1. The molecule has 0 atom stereocenters. The molecule has 0 aromatic heterocycles. The Kier molecular flexibility index (Phi) is 5.11. The maximum Gasteiger partial charge on any atom is 0.255 e. The summed E-state index contributed by atoms with van der Waals surface area (Å²) in [6, 6.07) is 9.56. The number of amides is 1. The Morgan fingerprint density at radius 2 is 1.68 bits per heavy atom. The van der Waals surface area contributed by atoms with Crippen molar-refractivity contribution in [2.75, 3.05) is 18.4 Å². The molecule has 7 nitrogen and oxygen atoms in total. The first kappa shape index (κ1) is 20.6. The first-order valence-corrected chi connectivity index (χ1v) is 12.3. The van der Waals surface area contributed by atoms with Crippen molar-refractivity contribution in [3.05, 3.63) is 47.0 Å². The van der Waals surface area contributed by atoms with Crippen molar-refractivity contribution >= 4 is 33.2 Å². The highest BCUT2D eigenvalue weighted by molar-refractivity contribution is 7.89. The van der Waals surface area contributed by atoms with Gasteiger partial charge in [0, 0.05) is 43.2 Å². The van der Waals surface area contributed by atoms with Crippen LogP contribution in [0.5, 0.6) is 11.5 Å². The molecule has 31 heavy (non-hydrogen) atoms. The van der Waals surface area contributed by atoms with E-state index in [1.165, 1.54) is 22.5 Å². The number of benzene rings is 2. The van der Waals surface area contributed by atoms with E-state index in [4.69, 9.17) is 21.1 Å². The van der Waals surface area contributed by atoms with Crippen LogP contribution in [0.2, 0.25) is 5.02 Å². The maximum absolute atomic E-state index is 12.9. The van der Waals surface area contributed by atoms with Crippen molar-refractivity contribution in [1.29, 1.82) is 0 Å². The molecule has 164 valence electrons. The lowest BCUT2D eigenvalue weighted by molar-refractivity contribution is -0.0716. The quantitative estimate of drug-likeness (QED) is 0.727. The molecule has 2 fully saturated rings. The summed E-state index contributed by atoms with van der Waals surface area (Å²) in [6.45, 7) is 0.932. The highest BCUT2D eigenvalue weighted by Crippen LogP contribution is 2.47. The molecule has 0 bridgehead atoms. The topological polar surface area (TPSA) is 84.9 Å². The number of halogens is 1. The van der Waals surface area contributed by atoms with Crippen LogP contribution in [0.3, 0.4) is 0 Å². The molecule has 1 aliphatic carbocycles. The van der Waals surface area contributed by atoms with Gasteiger partial charge in [-0.2, -0.15) is 4.31 Å². The molecule has 3 aliphatic rings. The van der Waals surface area contributed by atoms with Gasteiger partial charge >= 0.3 is 0 Å². The summed E-state index contributed by atoms with van der Waals surface area (Å²) >= 11 is 6.18.